The molecule has 0 aliphatic rings. The Morgan fingerprint density at radius 2 is 1.77 bits per heavy atom. The van der Waals surface area contributed by atoms with Gasteiger partial charge in [-0.05, 0) is 42.7 Å². The molecule has 1 atom stereocenters. The van der Waals surface area contributed by atoms with Gasteiger partial charge in [-0.1, -0.05) is 30.3 Å². The average molecular weight is 300 g/mol. The predicted octanol–water partition coefficient (Wildman–Crippen LogP) is 3.29. The van der Waals surface area contributed by atoms with Crippen LogP contribution in [0.1, 0.15) is 18.1 Å². The second kappa shape index (κ2) is 6.52. The van der Waals surface area contributed by atoms with Crippen LogP contribution >= 0.6 is 0 Å². The molecule has 0 bridgehead atoms. The second-order valence-electron chi connectivity index (χ2n) is 5.36. The largest absolute Gasteiger partial charge is 0.497 e. The molecule has 0 fully saturated rings. The third-order valence-electron chi connectivity index (χ3n) is 3.91. The van der Waals surface area contributed by atoms with Gasteiger partial charge < -0.3 is 14.6 Å². The number of hydrogen-bond acceptors (Lipinski definition) is 3. The van der Waals surface area contributed by atoms with Crippen LogP contribution in [-0.4, -0.2) is 25.3 Å². The van der Waals surface area contributed by atoms with Crippen molar-refractivity contribution >= 4 is 5.97 Å². The number of carboxylic acid groups (broad SMARTS) is 1. The first kappa shape index (κ1) is 15.9. The molecular formula is C18H20O4. The third kappa shape index (κ3) is 3.06. The zero-order valence-corrected chi connectivity index (χ0v) is 13.0. The molecule has 1 N–H and O–H groups in total. The number of aliphatic carboxylic acids is 1. The Labute approximate surface area is 130 Å². The molecule has 0 aliphatic heterocycles. The van der Waals surface area contributed by atoms with Gasteiger partial charge in [0, 0.05) is 0 Å². The summed E-state index contributed by atoms with van der Waals surface area (Å²) in [6, 6.07) is 14.6. The number of carboxylic acids is 1. The molecule has 0 amide bonds. The normalized spacial score (nSPS) is 13.2. The first-order chi connectivity index (χ1) is 10.5. The van der Waals surface area contributed by atoms with Crippen molar-refractivity contribution in [2.75, 3.05) is 14.2 Å². The maximum absolute atomic E-state index is 11.9. The smallest absolute Gasteiger partial charge is 0.314 e. The summed E-state index contributed by atoms with van der Waals surface area (Å²) < 4.78 is 10.6. The van der Waals surface area contributed by atoms with Gasteiger partial charge >= 0.3 is 5.97 Å². The minimum Gasteiger partial charge on any atom is -0.497 e. The maximum atomic E-state index is 11.9. The third-order valence-corrected chi connectivity index (χ3v) is 3.91. The van der Waals surface area contributed by atoms with Gasteiger partial charge in [-0.2, -0.15) is 0 Å². The van der Waals surface area contributed by atoms with Gasteiger partial charge in [-0.15, -0.1) is 0 Å². The van der Waals surface area contributed by atoms with Crippen LogP contribution in [0.4, 0.5) is 0 Å². The number of carbonyl (C=O) groups is 1. The molecule has 0 aliphatic carbocycles. The monoisotopic (exact) mass is 300 g/mol. The first-order valence-corrected chi connectivity index (χ1v) is 7.01. The van der Waals surface area contributed by atoms with Gasteiger partial charge in [0.25, 0.3) is 0 Å². The van der Waals surface area contributed by atoms with Crippen molar-refractivity contribution in [3.8, 4) is 11.5 Å². The maximum Gasteiger partial charge on any atom is 0.314 e. The molecule has 0 spiro atoms. The molecule has 0 saturated carbocycles. The molecule has 116 valence electrons. The Morgan fingerprint density at radius 3 is 2.32 bits per heavy atom. The molecule has 0 saturated heterocycles. The highest BCUT2D eigenvalue weighted by Crippen LogP contribution is 2.34. The number of benzene rings is 2. The Morgan fingerprint density at radius 1 is 1.09 bits per heavy atom. The summed E-state index contributed by atoms with van der Waals surface area (Å²) in [4.78, 5) is 11.9. The SMILES string of the molecule is COc1ccc(OC)c(CC(C)(C(=O)O)c2ccccc2)c1. The van der Waals surface area contributed by atoms with E-state index in [0.29, 0.717) is 17.9 Å². The summed E-state index contributed by atoms with van der Waals surface area (Å²) in [5, 5.41) is 9.77. The van der Waals surface area contributed by atoms with Crippen LogP contribution in [0, 0.1) is 0 Å². The van der Waals surface area contributed by atoms with E-state index in [1.807, 2.05) is 36.4 Å². The van der Waals surface area contributed by atoms with Gasteiger partial charge in [-0.3, -0.25) is 4.79 Å². The predicted molar refractivity (Wildman–Crippen MR) is 84.7 cm³/mol. The molecule has 2 aromatic rings. The molecule has 4 heteroatoms. The van der Waals surface area contributed by atoms with Crippen molar-refractivity contribution in [2.45, 2.75) is 18.8 Å². The van der Waals surface area contributed by atoms with E-state index in [1.54, 1.807) is 33.3 Å². The lowest BCUT2D eigenvalue weighted by Crippen LogP contribution is -2.35. The van der Waals surface area contributed by atoms with Gasteiger partial charge in [-0.25, -0.2) is 0 Å². The molecule has 2 aromatic carbocycles. The lowest BCUT2D eigenvalue weighted by atomic mass is 9.77. The molecule has 1 unspecified atom stereocenters. The van der Waals surface area contributed by atoms with Crippen LogP contribution in [0.2, 0.25) is 0 Å². The first-order valence-electron chi connectivity index (χ1n) is 7.01. The number of rotatable bonds is 6. The van der Waals surface area contributed by atoms with Crippen LogP contribution in [0.5, 0.6) is 11.5 Å². The molecule has 22 heavy (non-hydrogen) atoms. The van der Waals surface area contributed by atoms with E-state index < -0.39 is 11.4 Å². The van der Waals surface area contributed by atoms with Crippen LogP contribution in [0.15, 0.2) is 48.5 Å². The van der Waals surface area contributed by atoms with Crippen LogP contribution in [-0.2, 0) is 16.6 Å². The summed E-state index contributed by atoms with van der Waals surface area (Å²) >= 11 is 0. The highest BCUT2D eigenvalue weighted by Gasteiger charge is 2.36. The van der Waals surface area contributed by atoms with Gasteiger partial charge in [0.15, 0.2) is 0 Å². The van der Waals surface area contributed by atoms with Crippen molar-refractivity contribution in [1.82, 2.24) is 0 Å². The van der Waals surface area contributed by atoms with Crippen LogP contribution in [0.3, 0.4) is 0 Å². The molecule has 0 heterocycles. The number of methoxy groups -OCH3 is 2. The summed E-state index contributed by atoms with van der Waals surface area (Å²) in [7, 11) is 3.16. The Balaban J connectivity index is 2.47. The Kier molecular flexibility index (Phi) is 4.71. The van der Waals surface area contributed by atoms with E-state index in [2.05, 4.69) is 0 Å². The number of ether oxygens (including phenoxy) is 2. The summed E-state index contributed by atoms with van der Waals surface area (Å²) in [6.45, 7) is 1.73. The molecule has 0 aromatic heterocycles. The molecule has 4 nitrogen and oxygen atoms in total. The topological polar surface area (TPSA) is 55.8 Å². The van der Waals surface area contributed by atoms with E-state index in [4.69, 9.17) is 9.47 Å². The van der Waals surface area contributed by atoms with E-state index in [9.17, 15) is 9.90 Å². The zero-order chi connectivity index (χ0) is 16.2. The Hall–Kier alpha value is -2.49. The summed E-state index contributed by atoms with van der Waals surface area (Å²) in [5.74, 6) is 0.462. The lowest BCUT2D eigenvalue weighted by Gasteiger charge is -2.26. The van der Waals surface area contributed by atoms with Crippen molar-refractivity contribution in [3.05, 3.63) is 59.7 Å². The van der Waals surface area contributed by atoms with Crippen LogP contribution in [0.25, 0.3) is 0 Å². The van der Waals surface area contributed by atoms with E-state index in [-0.39, 0.29) is 0 Å². The zero-order valence-electron chi connectivity index (χ0n) is 13.0. The highest BCUT2D eigenvalue weighted by atomic mass is 16.5. The quantitative estimate of drug-likeness (QED) is 0.889. The fourth-order valence-electron chi connectivity index (χ4n) is 2.51. The summed E-state index contributed by atoms with van der Waals surface area (Å²) in [6.07, 6.45) is 0.312. The lowest BCUT2D eigenvalue weighted by molar-refractivity contribution is -0.143. The average Bonchev–Trinajstić information content (AvgIpc) is 2.55. The van der Waals surface area contributed by atoms with Gasteiger partial charge in [0.05, 0.1) is 19.6 Å². The minimum absolute atomic E-state index is 0.312. The minimum atomic E-state index is -1.04. The molecule has 0 radical (unpaired) electrons. The summed E-state index contributed by atoms with van der Waals surface area (Å²) in [5.41, 5.74) is 0.518. The standard InChI is InChI=1S/C18H20O4/c1-18(17(19)20,14-7-5-4-6-8-14)12-13-11-15(21-2)9-10-16(13)22-3/h4-11H,12H2,1-3H3,(H,19,20). The highest BCUT2D eigenvalue weighted by molar-refractivity contribution is 5.81. The molecule has 2 rings (SSSR count). The van der Waals surface area contributed by atoms with E-state index in [0.717, 1.165) is 11.1 Å². The van der Waals surface area contributed by atoms with Crippen LogP contribution < -0.4 is 9.47 Å². The van der Waals surface area contributed by atoms with Crippen molar-refractivity contribution < 1.29 is 19.4 Å². The second-order valence-corrected chi connectivity index (χ2v) is 5.36. The van der Waals surface area contributed by atoms with Gasteiger partial charge in [0.1, 0.15) is 11.5 Å². The fourth-order valence-corrected chi connectivity index (χ4v) is 2.51. The Bertz CT molecular complexity index is 651. The number of hydrogen-bond donors (Lipinski definition) is 1. The fraction of sp³-hybridized carbons (Fsp3) is 0.278. The van der Waals surface area contributed by atoms with Crippen molar-refractivity contribution in [1.29, 1.82) is 0 Å². The van der Waals surface area contributed by atoms with Gasteiger partial charge in [0.2, 0.25) is 0 Å². The van der Waals surface area contributed by atoms with E-state index in [1.165, 1.54) is 0 Å². The van der Waals surface area contributed by atoms with E-state index >= 15 is 0 Å². The van der Waals surface area contributed by atoms with Crippen molar-refractivity contribution in [3.63, 3.8) is 0 Å². The molecular weight excluding hydrogens is 280 g/mol. The van der Waals surface area contributed by atoms with Crippen molar-refractivity contribution in [2.24, 2.45) is 0 Å².